The van der Waals surface area contributed by atoms with Crippen LogP contribution in [-0.4, -0.2) is 25.7 Å². The minimum absolute atomic E-state index is 0.0585. The van der Waals surface area contributed by atoms with Gasteiger partial charge >= 0.3 is 11.6 Å². The number of ether oxygens (including phenoxy) is 1. The molecule has 1 fully saturated rings. The SMILES string of the molecule is CCOC(=O)[C@H]1CCC[NH+](Cc2cc(=O)oc3ccc4ccccc4c23)C1. The van der Waals surface area contributed by atoms with Crippen LogP contribution in [0.15, 0.2) is 51.7 Å². The van der Waals surface area contributed by atoms with Crippen molar-refractivity contribution < 1.29 is 18.8 Å². The van der Waals surface area contributed by atoms with Gasteiger partial charge in [0.25, 0.3) is 0 Å². The molecule has 140 valence electrons. The first-order chi connectivity index (χ1) is 13.2. The average molecular weight is 366 g/mol. The predicted octanol–water partition coefficient (Wildman–Crippen LogP) is 2.30. The summed E-state index contributed by atoms with van der Waals surface area (Å²) in [5, 5.41) is 3.21. The van der Waals surface area contributed by atoms with Crippen molar-refractivity contribution in [3.63, 3.8) is 0 Å². The van der Waals surface area contributed by atoms with E-state index in [-0.39, 0.29) is 17.5 Å². The van der Waals surface area contributed by atoms with Crippen molar-refractivity contribution in [1.82, 2.24) is 0 Å². The molecule has 0 bridgehead atoms. The van der Waals surface area contributed by atoms with E-state index >= 15 is 0 Å². The Bertz CT molecular complexity index is 1040. The van der Waals surface area contributed by atoms with Gasteiger partial charge < -0.3 is 14.1 Å². The van der Waals surface area contributed by atoms with Crippen molar-refractivity contribution in [3.05, 3.63) is 58.4 Å². The zero-order chi connectivity index (χ0) is 18.8. The van der Waals surface area contributed by atoms with Crippen LogP contribution in [0.4, 0.5) is 0 Å². The fraction of sp³-hybridized carbons (Fsp3) is 0.364. The van der Waals surface area contributed by atoms with Crippen molar-refractivity contribution in [3.8, 4) is 0 Å². The summed E-state index contributed by atoms with van der Waals surface area (Å²) >= 11 is 0. The van der Waals surface area contributed by atoms with E-state index in [1.165, 1.54) is 4.90 Å². The van der Waals surface area contributed by atoms with Gasteiger partial charge in [-0.1, -0.05) is 30.3 Å². The molecule has 1 aromatic heterocycles. The first kappa shape index (κ1) is 17.7. The van der Waals surface area contributed by atoms with Crippen LogP contribution in [0.5, 0.6) is 0 Å². The van der Waals surface area contributed by atoms with Crippen LogP contribution in [0.25, 0.3) is 21.7 Å². The Balaban J connectivity index is 1.70. The number of carbonyl (C=O) groups excluding carboxylic acids is 1. The number of quaternary nitrogens is 1. The van der Waals surface area contributed by atoms with Crippen molar-refractivity contribution in [2.75, 3.05) is 19.7 Å². The summed E-state index contributed by atoms with van der Waals surface area (Å²) in [6, 6.07) is 13.6. The highest BCUT2D eigenvalue weighted by Gasteiger charge is 2.30. The minimum atomic E-state index is -0.328. The summed E-state index contributed by atoms with van der Waals surface area (Å²) in [5.41, 5.74) is 1.28. The van der Waals surface area contributed by atoms with E-state index < -0.39 is 0 Å². The molecule has 1 N–H and O–H groups in total. The Kier molecular flexibility index (Phi) is 4.94. The Morgan fingerprint density at radius 3 is 2.96 bits per heavy atom. The molecule has 0 amide bonds. The molecule has 1 saturated heterocycles. The van der Waals surface area contributed by atoms with E-state index in [0.717, 1.165) is 47.7 Å². The molecule has 3 aromatic rings. The number of carbonyl (C=O) groups is 1. The van der Waals surface area contributed by atoms with E-state index in [1.807, 2.05) is 31.2 Å². The first-order valence-corrected chi connectivity index (χ1v) is 9.60. The Labute approximate surface area is 157 Å². The van der Waals surface area contributed by atoms with Crippen LogP contribution in [0.2, 0.25) is 0 Å². The molecule has 0 radical (unpaired) electrons. The molecule has 5 heteroatoms. The molecule has 2 atom stereocenters. The number of nitrogens with one attached hydrogen (secondary N) is 1. The van der Waals surface area contributed by atoms with Crippen LogP contribution in [0, 0.1) is 5.92 Å². The van der Waals surface area contributed by atoms with Gasteiger partial charge in [-0.05, 0) is 36.6 Å². The number of likely N-dealkylation sites (tertiary alicyclic amines) is 1. The lowest BCUT2D eigenvalue weighted by Gasteiger charge is -2.29. The number of fused-ring (bicyclic) bond motifs is 3. The summed E-state index contributed by atoms with van der Waals surface area (Å²) in [7, 11) is 0. The fourth-order valence-electron chi connectivity index (χ4n) is 4.20. The summed E-state index contributed by atoms with van der Waals surface area (Å²) in [4.78, 5) is 25.5. The molecule has 2 aromatic carbocycles. The van der Waals surface area contributed by atoms with Crippen LogP contribution >= 0.6 is 0 Å². The molecule has 5 nitrogen and oxygen atoms in total. The first-order valence-electron chi connectivity index (χ1n) is 9.60. The van der Waals surface area contributed by atoms with Gasteiger partial charge in [-0.2, -0.15) is 0 Å². The largest absolute Gasteiger partial charge is 0.466 e. The second-order valence-corrected chi connectivity index (χ2v) is 7.22. The van der Waals surface area contributed by atoms with Crippen molar-refractivity contribution in [2.45, 2.75) is 26.3 Å². The van der Waals surface area contributed by atoms with E-state index in [2.05, 4.69) is 12.1 Å². The van der Waals surface area contributed by atoms with Gasteiger partial charge in [0.15, 0.2) is 0 Å². The molecule has 0 aliphatic carbocycles. The third-order valence-electron chi connectivity index (χ3n) is 5.39. The maximum absolute atomic E-state index is 12.1. The zero-order valence-corrected chi connectivity index (χ0v) is 15.5. The maximum atomic E-state index is 12.1. The number of esters is 1. The van der Waals surface area contributed by atoms with E-state index in [9.17, 15) is 9.59 Å². The van der Waals surface area contributed by atoms with Gasteiger partial charge in [-0.25, -0.2) is 4.79 Å². The molecule has 4 rings (SSSR count). The third kappa shape index (κ3) is 3.60. The molecule has 1 unspecified atom stereocenters. The zero-order valence-electron chi connectivity index (χ0n) is 15.5. The van der Waals surface area contributed by atoms with Crippen LogP contribution in [-0.2, 0) is 16.1 Å². The highest BCUT2D eigenvalue weighted by atomic mass is 16.5. The summed E-state index contributed by atoms with van der Waals surface area (Å²) in [6.45, 7) is 4.69. The topological polar surface area (TPSA) is 61.0 Å². The molecule has 1 aliphatic heterocycles. The van der Waals surface area contributed by atoms with Gasteiger partial charge in [-0.3, -0.25) is 4.79 Å². The van der Waals surface area contributed by atoms with Crippen molar-refractivity contribution >= 4 is 27.7 Å². The van der Waals surface area contributed by atoms with Crippen LogP contribution in [0.3, 0.4) is 0 Å². The monoisotopic (exact) mass is 366 g/mol. The van der Waals surface area contributed by atoms with E-state index in [1.54, 1.807) is 6.07 Å². The third-order valence-corrected chi connectivity index (χ3v) is 5.39. The summed E-state index contributed by atoms with van der Waals surface area (Å²) in [6.07, 6.45) is 1.86. The second kappa shape index (κ2) is 7.53. The molecule has 0 saturated carbocycles. The predicted molar refractivity (Wildman–Crippen MR) is 104 cm³/mol. The fourth-order valence-corrected chi connectivity index (χ4v) is 4.20. The van der Waals surface area contributed by atoms with Crippen molar-refractivity contribution in [1.29, 1.82) is 0 Å². The minimum Gasteiger partial charge on any atom is -0.466 e. The lowest BCUT2D eigenvalue weighted by atomic mass is 9.96. The van der Waals surface area contributed by atoms with Crippen molar-refractivity contribution in [2.24, 2.45) is 5.92 Å². The summed E-state index contributed by atoms with van der Waals surface area (Å²) in [5.74, 6) is -0.158. The molecule has 2 heterocycles. The quantitative estimate of drug-likeness (QED) is 0.437. The highest BCUT2D eigenvalue weighted by Crippen LogP contribution is 2.27. The summed E-state index contributed by atoms with van der Waals surface area (Å²) < 4.78 is 10.7. The lowest BCUT2D eigenvalue weighted by molar-refractivity contribution is -0.921. The number of hydrogen-bond acceptors (Lipinski definition) is 4. The molecular weight excluding hydrogens is 342 g/mol. The number of hydrogen-bond donors (Lipinski definition) is 1. The van der Waals surface area contributed by atoms with Gasteiger partial charge in [0.1, 0.15) is 18.0 Å². The second-order valence-electron chi connectivity index (χ2n) is 7.22. The maximum Gasteiger partial charge on any atom is 0.336 e. The van der Waals surface area contributed by atoms with Crippen LogP contribution < -0.4 is 10.5 Å². The molecular formula is C22H24NO4+. The Morgan fingerprint density at radius 1 is 1.26 bits per heavy atom. The molecule has 27 heavy (non-hydrogen) atoms. The van der Waals surface area contributed by atoms with Crippen LogP contribution in [0.1, 0.15) is 25.3 Å². The Morgan fingerprint density at radius 2 is 2.11 bits per heavy atom. The number of benzene rings is 2. The van der Waals surface area contributed by atoms with E-state index in [0.29, 0.717) is 18.7 Å². The van der Waals surface area contributed by atoms with Gasteiger partial charge in [0.2, 0.25) is 0 Å². The molecule has 1 aliphatic rings. The standard InChI is InChI=1S/C22H23NO4/c1-2-26-22(25)16-7-5-11-23(13-16)14-17-12-20(24)27-19-10-9-15-6-3-4-8-18(15)21(17)19/h3-4,6,8-10,12,16H,2,5,7,11,13-14H2,1H3/p+1/t16-/m0/s1. The van der Waals surface area contributed by atoms with E-state index in [4.69, 9.17) is 9.15 Å². The van der Waals surface area contributed by atoms with Gasteiger partial charge in [-0.15, -0.1) is 0 Å². The average Bonchev–Trinajstić information content (AvgIpc) is 2.68. The Hall–Kier alpha value is -2.66. The lowest BCUT2D eigenvalue weighted by Crippen LogP contribution is -3.12. The highest BCUT2D eigenvalue weighted by molar-refractivity contribution is 6.06. The smallest absolute Gasteiger partial charge is 0.336 e. The number of rotatable bonds is 4. The molecule has 0 spiro atoms. The number of piperidine rings is 1. The normalized spacial score (nSPS) is 20.0. The van der Waals surface area contributed by atoms with Gasteiger partial charge in [0, 0.05) is 17.0 Å². The van der Waals surface area contributed by atoms with Gasteiger partial charge in [0.05, 0.1) is 19.7 Å².